The van der Waals surface area contributed by atoms with Crippen molar-refractivity contribution in [2.75, 3.05) is 6.54 Å². The summed E-state index contributed by atoms with van der Waals surface area (Å²) in [6, 6.07) is 10.4. The van der Waals surface area contributed by atoms with E-state index in [1.54, 1.807) is 12.1 Å². The molecule has 0 saturated carbocycles. The molecule has 17 heteroatoms. The minimum absolute atomic E-state index is 0.160. The molecule has 0 spiro atoms. The Bertz CT molecular complexity index is 1480. The van der Waals surface area contributed by atoms with Gasteiger partial charge in [-0.05, 0) is 61.1 Å². The van der Waals surface area contributed by atoms with Crippen LogP contribution in [-0.2, 0) is 36.8 Å². The topological polar surface area (TPSA) is 353 Å². The number of H-pyrrole nitrogens is 1. The van der Waals surface area contributed by atoms with Gasteiger partial charge in [-0.25, -0.2) is 0 Å². The highest BCUT2D eigenvalue weighted by Crippen LogP contribution is 2.18. The van der Waals surface area contributed by atoms with Crippen LogP contribution < -0.4 is 28.7 Å². The Morgan fingerprint density at radius 1 is 0.692 bits per heavy atom. The van der Waals surface area contributed by atoms with Crippen molar-refractivity contribution in [3.05, 3.63) is 65.9 Å². The Balaban J connectivity index is 0. The summed E-state index contributed by atoms with van der Waals surface area (Å²) in [4.78, 5) is 53.8. The van der Waals surface area contributed by atoms with Gasteiger partial charge >= 0.3 is 29.8 Å². The molecule has 0 amide bonds. The van der Waals surface area contributed by atoms with E-state index in [1.165, 1.54) is 31.4 Å². The molecule has 0 fully saturated rings. The second kappa shape index (κ2) is 27.6. The van der Waals surface area contributed by atoms with Crippen molar-refractivity contribution in [2.24, 2.45) is 34.6 Å². The molecule has 0 saturated heterocycles. The van der Waals surface area contributed by atoms with E-state index >= 15 is 0 Å². The number of hydrogen-bond acceptors (Lipinski definition) is 11. The Morgan fingerprint density at radius 3 is 1.58 bits per heavy atom. The molecule has 4 unspecified atom stereocenters. The number of nitrogens with two attached hydrogens (primary N) is 5. The summed E-state index contributed by atoms with van der Waals surface area (Å²) in [6.07, 6.45) is 6.21. The van der Waals surface area contributed by atoms with E-state index in [0.717, 1.165) is 28.6 Å². The third-order valence-electron chi connectivity index (χ3n) is 6.70. The monoisotopic (exact) mass is 736 g/mol. The highest BCUT2D eigenvalue weighted by atomic mass is 16.4. The summed E-state index contributed by atoms with van der Waals surface area (Å²) in [7, 11) is 0. The highest BCUT2D eigenvalue weighted by Gasteiger charge is 2.16. The first kappa shape index (κ1) is 49.0. The van der Waals surface area contributed by atoms with Crippen molar-refractivity contribution in [3.8, 4) is 5.75 Å². The number of aromatic amines is 1. The van der Waals surface area contributed by atoms with Crippen LogP contribution in [0, 0.1) is 5.92 Å². The molecular weight excluding hydrogens is 680 g/mol. The van der Waals surface area contributed by atoms with Crippen LogP contribution >= 0.6 is 0 Å². The number of benzene rings is 2. The zero-order chi connectivity index (χ0) is 40.4. The van der Waals surface area contributed by atoms with Gasteiger partial charge in [-0.2, -0.15) is 0 Å². The molecular formula is C35H56N6O11. The third-order valence-corrected chi connectivity index (χ3v) is 6.70. The molecule has 0 aliphatic rings. The average Bonchev–Trinajstić information content (AvgIpc) is 3.47. The number of aliphatic carboxylic acids is 5. The van der Waals surface area contributed by atoms with Crippen molar-refractivity contribution in [1.82, 2.24) is 4.98 Å². The number of phenols is 1. The summed E-state index contributed by atoms with van der Waals surface area (Å²) in [6.45, 7) is 6.93. The molecule has 292 valence electrons. The molecule has 3 rings (SSSR count). The van der Waals surface area contributed by atoms with Crippen LogP contribution in [0.3, 0.4) is 0 Å². The molecule has 0 bridgehead atoms. The lowest BCUT2D eigenvalue weighted by Crippen LogP contribution is -2.32. The summed E-state index contributed by atoms with van der Waals surface area (Å²) < 4.78 is 0. The van der Waals surface area contributed by atoms with E-state index in [9.17, 15) is 24.0 Å². The number of fused-ring (bicyclic) bond motifs is 1. The van der Waals surface area contributed by atoms with Crippen LogP contribution in [-0.4, -0.2) is 96.2 Å². The maximum Gasteiger partial charge on any atom is 0.321 e. The first-order valence-electron chi connectivity index (χ1n) is 16.4. The number of nitrogens with one attached hydrogen (secondary N) is 1. The van der Waals surface area contributed by atoms with Crippen LogP contribution in [0.2, 0.25) is 0 Å². The van der Waals surface area contributed by atoms with Gasteiger partial charge in [0.1, 0.15) is 29.9 Å². The van der Waals surface area contributed by atoms with Crippen molar-refractivity contribution in [1.29, 1.82) is 0 Å². The zero-order valence-corrected chi connectivity index (χ0v) is 29.9. The van der Waals surface area contributed by atoms with Gasteiger partial charge in [-0.1, -0.05) is 63.9 Å². The molecule has 0 aliphatic carbocycles. The molecule has 17 N–H and O–H groups in total. The van der Waals surface area contributed by atoms with Crippen LogP contribution in [0.5, 0.6) is 5.75 Å². The molecule has 0 aliphatic heterocycles. The van der Waals surface area contributed by atoms with Gasteiger partial charge in [0, 0.05) is 23.5 Å². The van der Waals surface area contributed by atoms with Crippen LogP contribution in [0.15, 0.2) is 54.7 Å². The van der Waals surface area contributed by atoms with Gasteiger partial charge in [0.15, 0.2) is 0 Å². The number of aromatic nitrogens is 1. The number of para-hydroxylation sites is 1. The normalized spacial score (nSPS) is 12.4. The Labute approximate surface area is 302 Å². The minimum atomic E-state index is -1.29. The van der Waals surface area contributed by atoms with Gasteiger partial charge in [0.25, 0.3) is 0 Å². The van der Waals surface area contributed by atoms with Gasteiger partial charge in [-0.3, -0.25) is 24.0 Å². The van der Waals surface area contributed by atoms with Crippen molar-refractivity contribution < 1.29 is 54.6 Å². The smallest absolute Gasteiger partial charge is 0.321 e. The van der Waals surface area contributed by atoms with Gasteiger partial charge in [0.05, 0.1) is 6.42 Å². The fourth-order valence-electron chi connectivity index (χ4n) is 3.88. The minimum Gasteiger partial charge on any atom is -0.508 e. The molecule has 1 heterocycles. The number of carboxylic acid groups (broad SMARTS) is 5. The van der Waals surface area contributed by atoms with Gasteiger partial charge in [-0.15, -0.1) is 0 Å². The van der Waals surface area contributed by atoms with E-state index < -0.39 is 60.4 Å². The molecule has 2 aromatic carbocycles. The maximum atomic E-state index is 10.6. The molecule has 0 radical (unpaired) electrons. The maximum absolute atomic E-state index is 10.6. The van der Waals surface area contributed by atoms with E-state index in [4.69, 9.17) is 59.3 Å². The fourth-order valence-corrected chi connectivity index (χ4v) is 3.88. The molecule has 17 nitrogen and oxygen atoms in total. The Kier molecular flexibility index (Phi) is 26.1. The number of hydrogen-bond donors (Lipinski definition) is 12. The van der Waals surface area contributed by atoms with E-state index in [2.05, 4.69) is 11.9 Å². The van der Waals surface area contributed by atoms with Crippen LogP contribution in [0.4, 0.5) is 0 Å². The highest BCUT2D eigenvalue weighted by molar-refractivity contribution is 5.84. The van der Waals surface area contributed by atoms with Crippen molar-refractivity contribution >= 4 is 40.7 Å². The standard InChI is InChI=1S/C11H12N2O2.C9H11NO3.C6H13NO2.C5H13N.C4H7NO4/c12-9(11(14)15)5-7-6-13-10-4-2-1-3-8(7)10;10-8(9(12)13)5-6-1-3-7(11)4-2-6;1-4(2)3-5(7)6(8)9;1-2-3-4-5-6;5-2(4(8)9)1-3(6)7/h1-4,6,9,13H,5,12H2,(H,14,15);1-4,8,11H,5,10H2,(H,12,13);4-5H,3,7H2,1-2H3,(H,8,9);2-6H2,1H3;2H,1,5H2,(H,6,7)(H,8,9). The number of phenolic OH excluding ortho intramolecular Hbond substituents is 1. The first-order chi connectivity index (χ1) is 24.3. The molecule has 3 aromatic rings. The lowest BCUT2D eigenvalue weighted by molar-refractivity contribution is -0.144. The summed E-state index contributed by atoms with van der Waals surface area (Å²) in [5.41, 5.74) is 28.8. The van der Waals surface area contributed by atoms with Gasteiger partial charge in [0.2, 0.25) is 0 Å². The largest absolute Gasteiger partial charge is 0.508 e. The number of unbranched alkanes of at least 4 members (excludes halogenated alkanes) is 2. The Hall–Kier alpha value is -5.07. The number of carboxylic acids is 5. The number of carbonyl (C=O) groups is 5. The molecule has 52 heavy (non-hydrogen) atoms. The summed E-state index contributed by atoms with van der Waals surface area (Å²) in [5.74, 6) is -4.89. The van der Waals surface area contributed by atoms with Crippen molar-refractivity contribution in [2.45, 2.75) is 89.9 Å². The fraction of sp³-hybridized carbons (Fsp3) is 0.457. The summed E-state index contributed by atoms with van der Waals surface area (Å²) >= 11 is 0. The lowest BCUT2D eigenvalue weighted by Gasteiger charge is -2.07. The van der Waals surface area contributed by atoms with Gasteiger partial charge < -0.3 is 64.3 Å². The lowest BCUT2D eigenvalue weighted by atomic mass is 10.1. The average molecular weight is 737 g/mol. The first-order valence-corrected chi connectivity index (χ1v) is 16.4. The van der Waals surface area contributed by atoms with Crippen LogP contribution in [0.25, 0.3) is 10.9 Å². The zero-order valence-electron chi connectivity index (χ0n) is 29.9. The quantitative estimate of drug-likeness (QED) is 0.0991. The third kappa shape index (κ3) is 24.1. The SMILES string of the molecule is CC(C)CC(N)C(=O)O.CCCCCN.NC(CC(=O)O)C(=O)O.NC(Cc1c[nH]c2ccccc12)C(=O)O.NC(Cc1ccc(O)cc1)C(=O)O. The second-order valence-electron chi connectivity index (χ2n) is 11.9. The Morgan fingerprint density at radius 2 is 1.19 bits per heavy atom. The molecule has 4 atom stereocenters. The van der Waals surface area contributed by atoms with E-state index in [-0.39, 0.29) is 12.2 Å². The summed E-state index contributed by atoms with van der Waals surface area (Å²) in [5, 5.41) is 51.6. The second-order valence-corrected chi connectivity index (χ2v) is 11.9. The predicted molar refractivity (Wildman–Crippen MR) is 197 cm³/mol. The number of rotatable bonds is 15. The van der Waals surface area contributed by atoms with E-state index in [1.807, 2.05) is 44.3 Å². The van der Waals surface area contributed by atoms with E-state index in [0.29, 0.717) is 18.8 Å². The number of aromatic hydroxyl groups is 1. The predicted octanol–water partition coefficient (Wildman–Crippen LogP) is 1.92. The van der Waals surface area contributed by atoms with Crippen LogP contribution in [0.1, 0.15) is 64.0 Å². The van der Waals surface area contributed by atoms with Crippen molar-refractivity contribution in [3.63, 3.8) is 0 Å². The molecule has 1 aromatic heterocycles.